The number of hydrogen-bond acceptors (Lipinski definition) is 10. The number of aliphatic hydroxyl groups excluding tert-OH is 2. The Bertz CT molecular complexity index is 2250. The zero-order valence-electron chi connectivity index (χ0n) is 37.2. The number of thioether (sulfide) groups is 1. The van der Waals surface area contributed by atoms with Crippen molar-refractivity contribution in [3.8, 4) is 17.2 Å². The normalized spacial score (nSPS) is 22.4. The van der Waals surface area contributed by atoms with Gasteiger partial charge < -0.3 is 34.0 Å². The first kappa shape index (κ1) is 47.6. The summed E-state index contributed by atoms with van der Waals surface area (Å²) in [5.74, 6) is -0.748. The van der Waals surface area contributed by atoms with E-state index < -0.39 is 29.7 Å². The molecule has 1 saturated carbocycles. The Hall–Kier alpha value is -5.40. The van der Waals surface area contributed by atoms with Crippen LogP contribution in [0.2, 0.25) is 0 Å². The van der Waals surface area contributed by atoms with Crippen molar-refractivity contribution in [2.45, 2.75) is 87.2 Å². The molecule has 1 amide bonds. The summed E-state index contributed by atoms with van der Waals surface area (Å²) in [6.07, 6.45) is 12.2. The predicted molar refractivity (Wildman–Crippen MR) is 253 cm³/mol. The molecule has 4 aromatic carbocycles. The molecule has 2 aliphatic carbocycles. The van der Waals surface area contributed by atoms with Crippen LogP contribution in [0.1, 0.15) is 74.0 Å². The van der Waals surface area contributed by atoms with Crippen LogP contribution in [0, 0.1) is 23.6 Å². The molecule has 2 N–H and O–H groups in total. The van der Waals surface area contributed by atoms with Gasteiger partial charge in [0.1, 0.15) is 35.7 Å². The lowest BCUT2D eigenvalue weighted by Gasteiger charge is -2.59. The van der Waals surface area contributed by atoms with Crippen molar-refractivity contribution >= 4 is 23.6 Å². The van der Waals surface area contributed by atoms with Crippen LogP contribution in [0.15, 0.2) is 144 Å². The number of nitrogens with zero attached hydrogens (tertiary/aromatic N) is 2. The second-order valence-electron chi connectivity index (χ2n) is 16.8. The van der Waals surface area contributed by atoms with Crippen molar-refractivity contribution in [3.05, 3.63) is 157 Å². The molecular formula is C53H61FN2O8S. The number of amides is 1. The van der Waals surface area contributed by atoms with E-state index in [-0.39, 0.29) is 63.8 Å². The first-order valence-electron chi connectivity index (χ1n) is 22.7. The molecule has 0 aromatic heterocycles. The molecule has 1 heterocycles. The lowest BCUT2D eigenvalue weighted by molar-refractivity contribution is -0.256. The smallest absolute Gasteiger partial charge is 0.410 e. The first-order chi connectivity index (χ1) is 31.8. The number of carbonyl (C=O) groups is 1. The Balaban J connectivity index is 1.45. The van der Waals surface area contributed by atoms with Crippen LogP contribution in [0.3, 0.4) is 0 Å². The highest BCUT2D eigenvalue weighted by Crippen LogP contribution is 2.62. The average molecular weight is 905 g/mol. The second-order valence-corrected chi connectivity index (χ2v) is 17.6. The van der Waals surface area contributed by atoms with Gasteiger partial charge in [-0.1, -0.05) is 78.7 Å². The van der Waals surface area contributed by atoms with E-state index >= 15 is 0 Å². The number of carbonyl (C=O) groups excluding carboxylic acids is 1. The number of rotatable bonds is 23. The Kier molecular flexibility index (Phi) is 17.0. The first-order valence-corrected chi connectivity index (χ1v) is 23.9. The summed E-state index contributed by atoms with van der Waals surface area (Å²) in [6.45, 7) is 8.49. The third-order valence-electron chi connectivity index (χ3n) is 12.6. The molecule has 12 heteroatoms. The van der Waals surface area contributed by atoms with Gasteiger partial charge in [0.05, 0.1) is 24.8 Å². The quantitative estimate of drug-likeness (QED) is 0.0324. The van der Waals surface area contributed by atoms with E-state index in [1.807, 2.05) is 73.0 Å². The number of aliphatic hydroxyl groups is 2. The molecule has 3 aliphatic rings. The Morgan fingerprint density at radius 3 is 2.37 bits per heavy atom. The van der Waals surface area contributed by atoms with Crippen molar-refractivity contribution in [1.29, 1.82) is 0 Å². The van der Waals surface area contributed by atoms with Crippen LogP contribution < -0.4 is 9.47 Å². The van der Waals surface area contributed by atoms with E-state index in [1.165, 1.54) is 12.1 Å². The van der Waals surface area contributed by atoms with Gasteiger partial charge in [-0.25, -0.2) is 9.18 Å². The Morgan fingerprint density at radius 1 is 0.923 bits per heavy atom. The maximum atomic E-state index is 14.7. The molecule has 1 aliphatic heterocycles. The zero-order valence-corrected chi connectivity index (χ0v) is 38.0. The van der Waals surface area contributed by atoms with Crippen LogP contribution in [0.4, 0.5) is 9.18 Å². The molecule has 4 aromatic rings. The molecule has 6 unspecified atom stereocenters. The number of unbranched alkanes of at least 4 members (excludes halogenated alkanes) is 2. The minimum absolute atomic E-state index is 0.00906. The Labute approximate surface area is 386 Å². The van der Waals surface area contributed by atoms with Crippen molar-refractivity contribution in [1.82, 2.24) is 4.90 Å². The van der Waals surface area contributed by atoms with Crippen LogP contribution in [-0.2, 0) is 27.5 Å². The summed E-state index contributed by atoms with van der Waals surface area (Å²) in [5.41, 5.74) is 4.11. The number of ether oxygens (including phenoxy) is 4. The molecule has 10 nitrogen and oxygen atoms in total. The molecule has 0 saturated heterocycles. The average Bonchev–Trinajstić information content (AvgIpc) is 3.33. The fourth-order valence-corrected chi connectivity index (χ4v) is 10.1. The summed E-state index contributed by atoms with van der Waals surface area (Å²) in [5, 5.41) is 24.9. The van der Waals surface area contributed by atoms with Gasteiger partial charge in [0.25, 0.3) is 0 Å². The maximum absolute atomic E-state index is 14.7. The zero-order chi connectivity index (χ0) is 45.6. The summed E-state index contributed by atoms with van der Waals surface area (Å²) in [4.78, 5) is 23.7. The summed E-state index contributed by atoms with van der Waals surface area (Å²) in [7, 11) is 0. The van der Waals surface area contributed by atoms with Crippen molar-refractivity contribution in [2.75, 3.05) is 32.7 Å². The van der Waals surface area contributed by atoms with Gasteiger partial charge in [-0.2, -0.15) is 0 Å². The van der Waals surface area contributed by atoms with Crippen molar-refractivity contribution < 1.29 is 43.2 Å². The van der Waals surface area contributed by atoms with Gasteiger partial charge >= 0.3 is 6.09 Å². The van der Waals surface area contributed by atoms with Crippen LogP contribution >= 0.6 is 11.8 Å². The van der Waals surface area contributed by atoms with Gasteiger partial charge in [-0.3, -0.25) is 4.90 Å². The minimum Gasteiger partial charge on any atom is -0.459 e. The van der Waals surface area contributed by atoms with Crippen LogP contribution in [-0.4, -0.2) is 71.4 Å². The molecule has 1 fully saturated rings. The minimum atomic E-state index is -1.52. The van der Waals surface area contributed by atoms with E-state index in [9.17, 15) is 19.4 Å². The lowest BCUT2D eigenvalue weighted by atomic mass is 9.55. The fraction of sp³-hybridized carbons (Fsp3) is 0.396. The number of benzene rings is 4. The fourth-order valence-electron chi connectivity index (χ4n) is 9.65. The van der Waals surface area contributed by atoms with Gasteiger partial charge in [0, 0.05) is 42.6 Å². The number of fused-ring (bicyclic) bond motifs is 2. The van der Waals surface area contributed by atoms with Crippen LogP contribution in [0.5, 0.6) is 17.2 Å². The van der Waals surface area contributed by atoms with Crippen LogP contribution in [0.25, 0.3) is 0 Å². The number of halogens is 1. The summed E-state index contributed by atoms with van der Waals surface area (Å²) < 4.78 is 41.4. The molecule has 0 radical (unpaired) electrons. The van der Waals surface area contributed by atoms with E-state index in [0.29, 0.717) is 47.8 Å². The number of oxime groups is 1. The standard InChI is InChI=1S/C53H61FN2O8S/c1-4-6-31-60-52(59)56(35-37-18-20-40(54)21-19-37)49-34-47(55-62-36-38-14-8-7-9-15-38)45-32-39(16-10-12-28-57)44(17-11-13-29-58)50-46-33-42(63-41-22-25-43(65-3)26-23-41)24-27-48(46)64-53(49,51(45)50)61-30-5-2/h4-5,7-9,14-15,18-27,32-33,39,44,49-51,57-58H,1-2,6,10-13,16-17,28-31,34-36H2,3H3. The summed E-state index contributed by atoms with van der Waals surface area (Å²) >= 11 is 1.66. The Morgan fingerprint density at radius 2 is 1.66 bits per heavy atom. The highest BCUT2D eigenvalue weighted by atomic mass is 32.2. The molecular weight excluding hydrogens is 844 g/mol. The second kappa shape index (κ2) is 23.2. The molecule has 0 bridgehead atoms. The topological polar surface area (TPSA) is 119 Å². The van der Waals surface area contributed by atoms with E-state index in [2.05, 4.69) is 25.3 Å². The van der Waals surface area contributed by atoms with Gasteiger partial charge in [0.2, 0.25) is 5.79 Å². The molecule has 65 heavy (non-hydrogen) atoms. The molecule has 7 rings (SSSR count). The molecule has 0 spiro atoms. The highest BCUT2D eigenvalue weighted by molar-refractivity contribution is 7.98. The predicted octanol–water partition coefficient (Wildman–Crippen LogP) is 11.4. The SMILES string of the molecule is C=CCCOC(=O)N(Cc1ccc(F)cc1)C1CC(=NOCc2ccccc2)C2=CC(CCCCO)C(CCCCO)C3c4cc(Oc5ccc(SC)cc5)ccc4OC1(OCC=C)C23. The number of hydrogen-bond donors (Lipinski definition) is 2. The maximum Gasteiger partial charge on any atom is 0.410 e. The monoisotopic (exact) mass is 904 g/mol. The summed E-state index contributed by atoms with van der Waals surface area (Å²) in [6, 6.07) is 28.9. The lowest BCUT2D eigenvalue weighted by Crippen LogP contribution is -2.70. The highest BCUT2D eigenvalue weighted by Gasteiger charge is 2.65. The van der Waals surface area contributed by atoms with Crippen molar-refractivity contribution in [3.63, 3.8) is 0 Å². The van der Waals surface area contributed by atoms with E-state index in [4.69, 9.17) is 28.9 Å². The number of allylic oxidation sites excluding steroid dienone is 1. The van der Waals surface area contributed by atoms with E-state index in [0.717, 1.165) is 47.3 Å². The molecule has 6 atom stereocenters. The van der Waals surface area contributed by atoms with Gasteiger partial charge in [0.15, 0.2) is 0 Å². The molecule has 344 valence electrons. The third kappa shape index (κ3) is 11.4. The van der Waals surface area contributed by atoms with E-state index in [1.54, 1.807) is 40.9 Å². The van der Waals surface area contributed by atoms with Gasteiger partial charge in [-0.15, -0.1) is 24.9 Å². The largest absolute Gasteiger partial charge is 0.459 e. The van der Waals surface area contributed by atoms with Crippen molar-refractivity contribution in [2.24, 2.45) is 22.9 Å². The third-order valence-corrected chi connectivity index (χ3v) is 13.4. The van der Waals surface area contributed by atoms with Gasteiger partial charge in [-0.05, 0) is 121 Å².